The number of carbonyl (C=O) groups is 3. The molecule has 0 spiro atoms. The zero-order valence-electron chi connectivity index (χ0n) is 52.4. The summed E-state index contributed by atoms with van der Waals surface area (Å²) in [6.45, 7) is 6.48. The second-order valence-corrected chi connectivity index (χ2v) is 22.7. The molecule has 0 aromatic carbocycles. The highest BCUT2D eigenvalue weighted by molar-refractivity contribution is 5.71. The third-order valence-electron chi connectivity index (χ3n) is 14.9. The molecule has 79 heavy (non-hydrogen) atoms. The molecule has 0 saturated carbocycles. The van der Waals surface area contributed by atoms with Crippen molar-refractivity contribution in [1.82, 2.24) is 0 Å². The van der Waals surface area contributed by atoms with Crippen LogP contribution in [0.15, 0.2) is 85.1 Å². The van der Waals surface area contributed by atoms with Gasteiger partial charge in [-0.1, -0.05) is 311 Å². The summed E-state index contributed by atoms with van der Waals surface area (Å²) in [6.07, 6.45) is 89.4. The molecule has 0 aromatic heterocycles. The highest BCUT2D eigenvalue weighted by atomic mass is 16.6. The maximum Gasteiger partial charge on any atom is 0.306 e. The van der Waals surface area contributed by atoms with Crippen LogP contribution in [0.1, 0.15) is 342 Å². The van der Waals surface area contributed by atoms with Crippen LogP contribution < -0.4 is 0 Å². The quantitative estimate of drug-likeness (QED) is 0.0261. The van der Waals surface area contributed by atoms with Gasteiger partial charge >= 0.3 is 17.9 Å². The van der Waals surface area contributed by atoms with Crippen LogP contribution in [0.5, 0.6) is 0 Å². The van der Waals surface area contributed by atoms with Crippen molar-refractivity contribution >= 4 is 17.9 Å². The number of unbranched alkanes of at least 4 members (excludes halogenated alkanes) is 37. The van der Waals surface area contributed by atoms with Crippen molar-refractivity contribution in [2.45, 2.75) is 348 Å². The van der Waals surface area contributed by atoms with E-state index in [0.717, 1.165) is 103 Å². The molecule has 0 saturated heterocycles. The van der Waals surface area contributed by atoms with Crippen molar-refractivity contribution < 1.29 is 28.6 Å². The monoisotopic (exact) mass is 1100 g/mol. The Morgan fingerprint density at radius 2 is 0.494 bits per heavy atom. The van der Waals surface area contributed by atoms with Crippen LogP contribution in [0, 0.1) is 0 Å². The van der Waals surface area contributed by atoms with E-state index in [-0.39, 0.29) is 31.1 Å². The topological polar surface area (TPSA) is 78.9 Å². The highest BCUT2D eigenvalue weighted by Gasteiger charge is 2.19. The molecule has 0 heterocycles. The average Bonchev–Trinajstić information content (AvgIpc) is 3.45. The van der Waals surface area contributed by atoms with E-state index in [0.29, 0.717) is 19.3 Å². The summed E-state index contributed by atoms with van der Waals surface area (Å²) in [5.74, 6) is -0.874. The first-order chi connectivity index (χ1) is 39.0. The van der Waals surface area contributed by atoms with Crippen LogP contribution in [-0.2, 0) is 28.6 Å². The molecule has 0 aliphatic rings. The van der Waals surface area contributed by atoms with E-state index >= 15 is 0 Å². The lowest BCUT2D eigenvalue weighted by molar-refractivity contribution is -0.167. The summed E-state index contributed by atoms with van der Waals surface area (Å²) in [7, 11) is 0. The minimum Gasteiger partial charge on any atom is -0.462 e. The lowest BCUT2D eigenvalue weighted by atomic mass is 10.0. The predicted molar refractivity (Wildman–Crippen MR) is 344 cm³/mol. The van der Waals surface area contributed by atoms with Crippen LogP contribution in [0.25, 0.3) is 0 Å². The van der Waals surface area contributed by atoms with Crippen molar-refractivity contribution in [1.29, 1.82) is 0 Å². The van der Waals surface area contributed by atoms with Crippen molar-refractivity contribution in [2.75, 3.05) is 13.2 Å². The fourth-order valence-corrected chi connectivity index (χ4v) is 9.80. The van der Waals surface area contributed by atoms with Gasteiger partial charge in [0.25, 0.3) is 0 Å². The number of hydrogen-bond acceptors (Lipinski definition) is 6. The molecule has 0 N–H and O–H groups in total. The Morgan fingerprint density at radius 3 is 0.785 bits per heavy atom. The smallest absolute Gasteiger partial charge is 0.306 e. The number of esters is 3. The summed E-state index contributed by atoms with van der Waals surface area (Å²) in [5, 5.41) is 0. The second kappa shape index (κ2) is 67.1. The normalized spacial score (nSPS) is 12.6. The van der Waals surface area contributed by atoms with E-state index < -0.39 is 6.10 Å². The summed E-state index contributed by atoms with van der Waals surface area (Å²) < 4.78 is 16.8. The van der Waals surface area contributed by atoms with Crippen LogP contribution in [0.3, 0.4) is 0 Å². The molecule has 0 amide bonds. The first-order valence-electron chi connectivity index (χ1n) is 34.1. The molecule has 0 aliphatic heterocycles. The minimum absolute atomic E-state index is 0.0735. The molecule has 0 aliphatic carbocycles. The summed E-state index contributed by atoms with van der Waals surface area (Å²) in [5.41, 5.74) is 0. The zero-order valence-corrected chi connectivity index (χ0v) is 52.4. The molecule has 1 unspecified atom stereocenters. The predicted octanol–water partition coefficient (Wildman–Crippen LogP) is 23.4. The van der Waals surface area contributed by atoms with Crippen molar-refractivity contribution in [3.8, 4) is 0 Å². The molecule has 0 bridgehead atoms. The first-order valence-corrected chi connectivity index (χ1v) is 34.1. The standard InChI is InChI=1S/C73H128O6/c1-4-7-10-13-15-17-19-21-23-25-27-29-31-32-33-34-35-36-37-38-39-40-42-43-45-47-49-51-53-55-57-60-63-66-72(75)78-69-70(68-77-71(74)65-62-59-12-9-6-3)79-73(76)67-64-61-58-56-54-52-50-48-46-44-41-30-28-26-24-22-20-18-16-14-11-8-5-2/h7,10,15,17,21,23,26-29,32-33,35-36,70H,4-6,8-9,11-14,16,18-20,22,24-25,30-31,34,37-69H2,1-3H3/b10-7-,17-15-,23-21-,28-26-,29-27-,33-32-,36-35-. The van der Waals surface area contributed by atoms with Crippen molar-refractivity contribution in [3.63, 3.8) is 0 Å². The van der Waals surface area contributed by atoms with Gasteiger partial charge in [0.15, 0.2) is 6.10 Å². The van der Waals surface area contributed by atoms with Gasteiger partial charge in [-0.2, -0.15) is 0 Å². The van der Waals surface area contributed by atoms with Gasteiger partial charge in [-0.25, -0.2) is 0 Å². The second-order valence-electron chi connectivity index (χ2n) is 22.7. The number of hydrogen-bond donors (Lipinski definition) is 0. The Kier molecular flexibility index (Phi) is 64.2. The summed E-state index contributed by atoms with van der Waals surface area (Å²) >= 11 is 0. The van der Waals surface area contributed by atoms with Crippen LogP contribution in [0.4, 0.5) is 0 Å². The Bertz CT molecular complexity index is 1500. The van der Waals surface area contributed by atoms with Crippen LogP contribution in [0.2, 0.25) is 0 Å². The van der Waals surface area contributed by atoms with Gasteiger partial charge in [0, 0.05) is 19.3 Å². The molecule has 456 valence electrons. The fraction of sp³-hybridized carbons (Fsp3) is 0.767. The molecule has 1 atom stereocenters. The number of carbonyl (C=O) groups excluding carboxylic acids is 3. The summed E-state index contributed by atoms with van der Waals surface area (Å²) in [4.78, 5) is 38.0. The molecule has 0 fully saturated rings. The van der Waals surface area contributed by atoms with E-state index in [1.54, 1.807) is 0 Å². The molecular weight excluding hydrogens is 973 g/mol. The van der Waals surface area contributed by atoms with Crippen LogP contribution >= 0.6 is 0 Å². The lowest BCUT2D eigenvalue weighted by Gasteiger charge is -2.18. The van der Waals surface area contributed by atoms with Gasteiger partial charge in [-0.3, -0.25) is 14.4 Å². The SMILES string of the molecule is CC/C=C\C/C=C\C/C=C\C/C=C\C/C=C\C/C=C\CCCCCCCCCCCCCCCCC(=O)OCC(COC(=O)CCCCCCC)OC(=O)CCCCCCCCCCCCC/C=C\CCCCCCCCCC. The number of rotatable bonds is 62. The van der Waals surface area contributed by atoms with Crippen LogP contribution in [-0.4, -0.2) is 37.2 Å². The Morgan fingerprint density at radius 1 is 0.266 bits per heavy atom. The van der Waals surface area contributed by atoms with E-state index in [4.69, 9.17) is 14.2 Å². The van der Waals surface area contributed by atoms with E-state index in [9.17, 15) is 14.4 Å². The van der Waals surface area contributed by atoms with E-state index in [1.165, 1.54) is 199 Å². The maximum absolute atomic E-state index is 12.8. The summed E-state index contributed by atoms with van der Waals surface area (Å²) in [6, 6.07) is 0. The molecule has 6 heteroatoms. The Hall–Kier alpha value is -3.41. The van der Waals surface area contributed by atoms with Crippen molar-refractivity contribution in [2.24, 2.45) is 0 Å². The molecular formula is C73H128O6. The molecule has 0 radical (unpaired) electrons. The van der Waals surface area contributed by atoms with Crippen molar-refractivity contribution in [3.05, 3.63) is 85.1 Å². The third kappa shape index (κ3) is 65.3. The molecule has 0 aromatic rings. The zero-order chi connectivity index (χ0) is 57.1. The van der Waals surface area contributed by atoms with Gasteiger partial charge in [0.2, 0.25) is 0 Å². The average molecular weight is 1100 g/mol. The largest absolute Gasteiger partial charge is 0.462 e. The molecule has 0 rings (SSSR count). The molecule has 6 nitrogen and oxygen atoms in total. The van der Waals surface area contributed by atoms with Gasteiger partial charge in [-0.05, 0) is 96.3 Å². The highest BCUT2D eigenvalue weighted by Crippen LogP contribution is 2.17. The fourth-order valence-electron chi connectivity index (χ4n) is 9.80. The number of ether oxygens (including phenoxy) is 3. The lowest BCUT2D eigenvalue weighted by Crippen LogP contribution is -2.30. The van der Waals surface area contributed by atoms with Gasteiger partial charge < -0.3 is 14.2 Å². The first kappa shape index (κ1) is 75.6. The van der Waals surface area contributed by atoms with Gasteiger partial charge in [0.1, 0.15) is 13.2 Å². The van der Waals surface area contributed by atoms with Gasteiger partial charge in [0.05, 0.1) is 0 Å². The van der Waals surface area contributed by atoms with Gasteiger partial charge in [-0.15, -0.1) is 0 Å². The Balaban J connectivity index is 3.98. The number of allylic oxidation sites excluding steroid dienone is 14. The minimum atomic E-state index is -0.772. The Labute approximate surface area is 490 Å². The maximum atomic E-state index is 12.8. The third-order valence-corrected chi connectivity index (χ3v) is 14.9. The van der Waals surface area contributed by atoms with E-state index in [1.807, 2.05) is 0 Å². The van der Waals surface area contributed by atoms with E-state index in [2.05, 4.69) is 106 Å².